The van der Waals surface area contributed by atoms with Crippen molar-refractivity contribution in [2.24, 2.45) is 0 Å². The van der Waals surface area contributed by atoms with E-state index in [-0.39, 0.29) is 5.91 Å². The number of sulfonamides is 1. The topological polar surface area (TPSA) is 66.5 Å². The van der Waals surface area contributed by atoms with Gasteiger partial charge in [0.1, 0.15) is 6.04 Å². The van der Waals surface area contributed by atoms with Gasteiger partial charge in [0.15, 0.2) is 0 Å². The Morgan fingerprint density at radius 2 is 1.81 bits per heavy atom. The van der Waals surface area contributed by atoms with Gasteiger partial charge in [-0.3, -0.25) is 9.10 Å². The van der Waals surface area contributed by atoms with Crippen molar-refractivity contribution in [2.45, 2.75) is 33.4 Å². The number of nitrogens with zero attached hydrogens (tertiary/aromatic N) is 1. The van der Waals surface area contributed by atoms with Crippen molar-refractivity contribution in [2.75, 3.05) is 10.6 Å². The highest BCUT2D eigenvalue weighted by Gasteiger charge is 2.29. The maximum atomic E-state index is 12.6. The van der Waals surface area contributed by atoms with Crippen LogP contribution in [0.4, 0.5) is 5.69 Å². The number of benzene rings is 2. The minimum absolute atomic E-state index is 0.335. The Kier molecular flexibility index (Phi) is 6.31. The Morgan fingerprint density at radius 1 is 1.15 bits per heavy atom. The second kappa shape index (κ2) is 8.10. The number of anilines is 1. The average Bonchev–Trinajstić information content (AvgIpc) is 2.56. The van der Waals surface area contributed by atoms with Gasteiger partial charge in [-0.05, 0) is 49.6 Å². The molecule has 0 aromatic heterocycles. The number of carbonyl (C=O) groups excluding carboxylic acids is 1. The Labute approximate surface area is 160 Å². The second-order valence-corrected chi connectivity index (χ2v) is 8.58. The third-order valence-corrected chi connectivity index (χ3v) is 5.86. The predicted molar refractivity (Wildman–Crippen MR) is 106 cm³/mol. The fourth-order valence-electron chi connectivity index (χ4n) is 2.67. The standard InChI is InChI=1S/C19H23ClN2O3S/c1-13-7-5-6-8-16(13)12-21-19(23)15(3)22(26(4,24)25)17-10-9-14(2)18(20)11-17/h5-11,15H,12H2,1-4H3,(H,21,23)/t15-/m0/s1. The molecule has 0 unspecified atom stereocenters. The van der Waals surface area contributed by atoms with E-state index < -0.39 is 16.1 Å². The minimum atomic E-state index is -3.67. The molecule has 0 spiro atoms. The molecule has 140 valence electrons. The molecule has 0 aliphatic rings. The van der Waals surface area contributed by atoms with Crippen LogP contribution in [0.1, 0.15) is 23.6 Å². The van der Waals surface area contributed by atoms with Crippen molar-refractivity contribution >= 4 is 33.2 Å². The Hall–Kier alpha value is -2.05. The van der Waals surface area contributed by atoms with Gasteiger partial charge in [-0.15, -0.1) is 0 Å². The highest BCUT2D eigenvalue weighted by Crippen LogP contribution is 2.26. The number of hydrogen-bond acceptors (Lipinski definition) is 3. The van der Waals surface area contributed by atoms with E-state index in [2.05, 4.69) is 5.32 Å². The quantitative estimate of drug-likeness (QED) is 0.816. The average molecular weight is 395 g/mol. The van der Waals surface area contributed by atoms with Crippen LogP contribution >= 0.6 is 11.6 Å². The summed E-state index contributed by atoms with van der Waals surface area (Å²) in [5.74, 6) is -0.379. The van der Waals surface area contributed by atoms with Crippen LogP contribution in [0, 0.1) is 13.8 Å². The van der Waals surface area contributed by atoms with Crippen LogP contribution in [-0.4, -0.2) is 26.6 Å². The van der Waals surface area contributed by atoms with Crippen molar-refractivity contribution in [3.8, 4) is 0 Å². The number of carbonyl (C=O) groups is 1. The van der Waals surface area contributed by atoms with Crippen molar-refractivity contribution < 1.29 is 13.2 Å². The lowest BCUT2D eigenvalue weighted by Gasteiger charge is -2.28. The van der Waals surface area contributed by atoms with Gasteiger partial charge in [0, 0.05) is 11.6 Å². The maximum absolute atomic E-state index is 12.6. The molecule has 0 heterocycles. The third-order valence-electron chi connectivity index (χ3n) is 4.21. The molecule has 0 saturated carbocycles. The lowest BCUT2D eigenvalue weighted by Crippen LogP contribution is -2.47. The van der Waals surface area contributed by atoms with Crippen molar-refractivity contribution in [3.05, 3.63) is 64.2 Å². The highest BCUT2D eigenvalue weighted by atomic mass is 35.5. The van der Waals surface area contributed by atoms with Crippen molar-refractivity contribution in [1.29, 1.82) is 0 Å². The Bertz CT molecular complexity index is 913. The van der Waals surface area contributed by atoms with Gasteiger partial charge in [0.2, 0.25) is 15.9 Å². The summed E-state index contributed by atoms with van der Waals surface area (Å²) in [4.78, 5) is 12.6. The monoisotopic (exact) mass is 394 g/mol. The molecule has 2 aromatic carbocycles. The van der Waals surface area contributed by atoms with Gasteiger partial charge >= 0.3 is 0 Å². The Morgan fingerprint density at radius 3 is 2.38 bits per heavy atom. The molecule has 1 N–H and O–H groups in total. The van der Waals surface area contributed by atoms with Gasteiger partial charge in [0.25, 0.3) is 0 Å². The van der Waals surface area contributed by atoms with E-state index in [0.29, 0.717) is 17.3 Å². The molecule has 0 bridgehead atoms. The van der Waals surface area contributed by atoms with Crippen LogP contribution in [0.3, 0.4) is 0 Å². The zero-order chi connectivity index (χ0) is 19.5. The van der Waals surface area contributed by atoms with Crippen LogP contribution in [0.2, 0.25) is 5.02 Å². The van der Waals surface area contributed by atoms with E-state index in [0.717, 1.165) is 27.3 Å². The van der Waals surface area contributed by atoms with Crippen LogP contribution in [0.15, 0.2) is 42.5 Å². The summed E-state index contributed by atoms with van der Waals surface area (Å²) in [5.41, 5.74) is 3.24. The smallest absolute Gasteiger partial charge is 0.243 e. The van der Waals surface area contributed by atoms with Gasteiger partial charge in [-0.25, -0.2) is 8.42 Å². The first-order valence-electron chi connectivity index (χ1n) is 8.19. The molecule has 1 atom stereocenters. The second-order valence-electron chi connectivity index (χ2n) is 6.31. The normalized spacial score (nSPS) is 12.5. The fourth-order valence-corrected chi connectivity index (χ4v) is 4.01. The molecule has 0 saturated heterocycles. The molecule has 1 amide bonds. The van der Waals surface area contributed by atoms with Gasteiger partial charge < -0.3 is 5.32 Å². The van der Waals surface area contributed by atoms with E-state index in [1.165, 1.54) is 0 Å². The van der Waals surface area contributed by atoms with Crippen LogP contribution in [-0.2, 0) is 21.4 Å². The highest BCUT2D eigenvalue weighted by molar-refractivity contribution is 7.92. The van der Waals surface area contributed by atoms with Crippen molar-refractivity contribution in [1.82, 2.24) is 5.32 Å². The lowest BCUT2D eigenvalue weighted by molar-refractivity contribution is -0.122. The number of hydrogen-bond donors (Lipinski definition) is 1. The molecule has 0 aliphatic carbocycles. The minimum Gasteiger partial charge on any atom is -0.350 e. The number of aryl methyl sites for hydroxylation is 2. The van der Waals surface area contributed by atoms with Crippen LogP contribution < -0.4 is 9.62 Å². The number of nitrogens with one attached hydrogen (secondary N) is 1. The van der Waals surface area contributed by atoms with E-state index in [1.54, 1.807) is 25.1 Å². The van der Waals surface area contributed by atoms with Gasteiger partial charge in [0.05, 0.1) is 11.9 Å². The lowest BCUT2D eigenvalue weighted by atomic mass is 10.1. The largest absolute Gasteiger partial charge is 0.350 e. The summed E-state index contributed by atoms with van der Waals surface area (Å²) in [6.07, 6.45) is 1.08. The first-order valence-corrected chi connectivity index (χ1v) is 10.4. The summed E-state index contributed by atoms with van der Waals surface area (Å²) in [7, 11) is -3.67. The molecule has 26 heavy (non-hydrogen) atoms. The maximum Gasteiger partial charge on any atom is 0.243 e. The van der Waals surface area contributed by atoms with Gasteiger partial charge in [-0.2, -0.15) is 0 Å². The summed E-state index contributed by atoms with van der Waals surface area (Å²) in [5, 5.41) is 3.26. The first-order chi connectivity index (χ1) is 12.1. The van der Waals surface area contributed by atoms with Crippen molar-refractivity contribution in [3.63, 3.8) is 0 Å². The zero-order valence-corrected chi connectivity index (χ0v) is 16.9. The SMILES string of the molecule is Cc1ccc(N([C@@H](C)C(=O)NCc2ccccc2C)S(C)(=O)=O)cc1Cl. The number of rotatable bonds is 6. The van der Waals surface area contributed by atoms with Crippen LogP contribution in [0.5, 0.6) is 0 Å². The van der Waals surface area contributed by atoms with Gasteiger partial charge in [-0.1, -0.05) is 41.9 Å². The Balaban J connectivity index is 2.23. The molecule has 2 aromatic rings. The summed E-state index contributed by atoms with van der Waals surface area (Å²) in [6, 6.07) is 11.7. The molecular weight excluding hydrogens is 372 g/mol. The van der Waals surface area contributed by atoms with Crippen LogP contribution in [0.25, 0.3) is 0 Å². The molecule has 2 rings (SSSR count). The number of amides is 1. The van der Waals surface area contributed by atoms with E-state index in [9.17, 15) is 13.2 Å². The first kappa shape index (κ1) is 20.3. The number of halogens is 1. The zero-order valence-electron chi connectivity index (χ0n) is 15.3. The fraction of sp³-hybridized carbons (Fsp3) is 0.316. The molecule has 5 nitrogen and oxygen atoms in total. The predicted octanol–water partition coefficient (Wildman–Crippen LogP) is 3.43. The van der Waals surface area contributed by atoms with E-state index in [4.69, 9.17) is 11.6 Å². The molecule has 0 aliphatic heterocycles. The third kappa shape index (κ3) is 4.77. The van der Waals surface area contributed by atoms with E-state index >= 15 is 0 Å². The molecular formula is C19H23ClN2O3S. The summed E-state index contributed by atoms with van der Waals surface area (Å²) >= 11 is 6.13. The molecule has 7 heteroatoms. The summed E-state index contributed by atoms with van der Waals surface area (Å²) < 4.78 is 25.7. The molecule has 0 radical (unpaired) electrons. The molecule has 0 fully saturated rings. The van der Waals surface area contributed by atoms with E-state index in [1.807, 2.05) is 38.1 Å². The summed E-state index contributed by atoms with van der Waals surface area (Å²) in [6.45, 7) is 5.68.